The molecule has 2 aromatic carbocycles. The summed E-state index contributed by atoms with van der Waals surface area (Å²) < 4.78 is 19.3. The lowest BCUT2D eigenvalue weighted by Crippen LogP contribution is -2.53. The fourth-order valence-corrected chi connectivity index (χ4v) is 5.72. The number of aromatic nitrogens is 1. The summed E-state index contributed by atoms with van der Waals surface area (Å²) in [4.78, 5) is 15.6. The Labute approximate surface area is 214 Å². The van der Waals surface area contributed by atoms with Gasteiger partial charge in [-0.3, -0.25) is 9.47 Å². The van der Waals surface area contributed by atoms with Crippen LogP contribution in [-0.2, 0) is 16.0 Å². The Morgan fingerprint density at radius 3 is 2.47 bits per heavy atom. The number of fused-ring (bicyclic) bond motifs is 1. The van der Waals surface area contributed by atoms with Gasteiger partial charge in [0.1, 0.15) is 11.4 Å². The largest absolute Gasteiger partial charge is 0.496 e. The number of likely N-dealkylation sites (tertiary alicyclic amines) is 1. The maximum atomic E-state index is 13.0. The van der Waals surface area contributed by atoms with Crippen LogP contribution in [0.2, 0.25) is 0 Å². The number of carbonyl (C=O) groups excluding carboxylic acids is 1. The van der Waals surface area contributed by atoms with Gasteiger partial charge in [-0.25, -0.2) is 4.79 Å². The van der Waals surface area contributed by atoms with Gasteiger partial charge in [-0.2, -0.15) is 0 Å². The Morgan fingerprint density at radius 1 is 1.14 bits per heavy atom. The van der Waals surface area contributed by atoms with Crippen molar-refractivity contribution in [3.05, 3.63) is 64.8 Å². The SMILES string of the molecule is COc1cc(C)c2c(ccn2C(=O)OC(C)(C)C)c1CN1CCC2(CCO2)CC1c1ccc(C)cc1. The van der Waals surface area contributed by atoms with Crippen LogP contribution in [-0.4, -0.2) is 47.0 Å². The van der Waals surface area contributed by atoms with Gasteiger partial charge in [0, 0.05) is 36.3 Å². The third-order valence-corrected chi connectivity index (χ3v) is 7.69. The van der Waals surface area contributed by atoms with Crippen LogP contribution in [0.5, 0.6) is 5.75 Å². The van der Waals surface area contributed by atoms with E-state index in [9.17, 15) is 4.79 Å². The van der Waals surface area contributed by atoms with E-state index in [1.165, 1.54) is 11.1 Å². The minimum absolute atomic E-state index is 0.0127. The van der Waals surface area contributed by atoms with Crippen molar-refractivity contribution < 1.29 is 19.0 Å². The minimum Gasteiger partial charge on any atom is -0.496 e. The van der Waals surface area contributed by atoms with E-state index in [4.69, 9.17) is 14.2 Å². The molecule has 0 N–H and O–H groups in total. The highest BCUT2D eigenvalue weighted by Gasteiger charge is 2.45. The molecule has 0 saturated carbocycles. The van der Waals surface area contributed by atoms with Crippen LogP contribution in [0.3, 0.4) is 0 Å². The van der Waals surface area contributed by atoms with Crippen molar-refractivity contribution in [1.82, 2.24) is 9.47 Å². The highest BCUT2D eigenvalue weighted by Crippen LogP contribution is 2.46. The van der Waals surface area contributed by atoms with Crippen molar-refractivity contribution >= 4 is 17.0 Å². The number of methoxy groups -OCH3 is 1. The third kappa shape index (κ3) is 4.64. The number of aryl methyl sites for hydroxylation is 2. The predicted molar refractivity (Wildman–Crippen MR) is 142 cm³/mol. The fourth-order valence-electron chi connectivity index (χ4n) is 5.72. The summed E-state index contributed by atoms with van der Waals surface area (Å²) in [6.07, 6.45) is 4.62. The number of benzene rings is 2. The monoisotopic (exact) mass is 490 g/mol. The van der Waals surface area contributed by atoms with E-state index >= 15 is 0 Å². The van der Waals surface area contributed by atoms with Crippen LogP contribution in [0.1, 0.15) is 68.3 Å². The van der Waals surface area contributed by atoms with Gasteiger partial charge in [0.05, 0.1) is 24.8 Å². The molecule has 3 aromatic rings. The van der Waals surface area contributed by atoms with Crippen LogP contribution >= 0.6 is 0 Å². The third-order valence-electron chi connectivity index (χ3n) is 7.69. The normalized spacial score (nSPS) is 22.6. The van der Waals surface area contributed by atoms with Gasteiger partial charge in [0.2, 0.25) is 0 Å². The summed E-state index contributed by atoms with van der Waals surface area (Å²) in [5.74, 6) is 0.852. The molecule has 2 fully saturated rings. The second-order valence-corrected chi connectivity index (χ2v) is 11.4. The van der Waals surface area contributed by atoms with Gasteiger partial charge in [0.15, 0.2) is 0 Å². The van der Waals surface area contributed by atoms with Crippen molar-refractivity contribution in [3.8, 4) is 5.75 Å². The molecule has 5 rings (SSSR count). The van der Waals surface area contributed by atoms with E-state index in [0.29, 0.717) is 0 Å². The van der Waals surface area contributed by atoms with Gasteiger partial charge in [-0.05, 0) is 77.1 Å². The lowest BCUT2D eigenvalue weighted by atomic mass is 9.78. The molecular formula is C30H38N2O4. The second-order valence-electron chi connectivity index (χ2n) is 11.4. The summed E-state index contributed by atoms with van der Waals surface area (Å²) in [6, 6.07) is 13.2. The molecule has 6 heteroatoms. The van der Waals surface area contributed by atoms with Crippen LogP contribution in [0.4, 0.5) is 4.79 Å². The number of rotatable bonds is 4. The molecule has 0 amide bonds. The first-order valence-corrected chi connectivity index (χ1v) is 12.9. The summed E-state index contributed by atoms with van der Waals surface area (Å²) in [5, 5.41) is 1.03. The van der Waals surface area contributed by atoms with Crippen LogP contribution in [0.25, 0.3) is 10.9 Å². The van der Waals surface area contributed by atoms with Crippen LogP contribution in [0.15, 0.2) is 42.6 Å². The predicted octanol–water partition coefficient (Wildman–Crippen LogP) is 6.55. The van der Waals surface area contributed by atoms with Gasteiger partial charge in [0.25, 0.3) is 0 Å². The minimum atomic E-state index is -0.564. The zero-order chi connectivity index (χ0) is 25.7. The molecule has 0 bridgehead atoms. The van der Waals surface area contributed by atoms with Crippen LogP contribution < -0.4 is 4.74 Å². The van der Waals surface area contributed by atoms with Gasteiger partial charge >= 0.3 is 6.09 Å². The van der Waals surface area contributed by atoms with E-state index in [1.54, 1.807) is 11.7 Å². The lowest BCUT2D eigenvalue weighted by molar-refractivity contribution is -0.185. The van der Waals surface area contributed by atoms with Gasteiger partial charge in [-0.15, -0.1) is 0 Å². The standard InChI is InChI=1S/C30H38N2O4/c1-20-7-9-22(10-8-20)25-18-30(13-16-35-30)12-15-31(25)19-24-23-11-14-32(28(33)36-29(3,4)5)27(23)21(2)17-26(24)34-6/h7-11,14,17,25H,12-13,15-16,18-19H2,1-6H3. The highest BCUT2D eigenvalue weighted by molar-refractivity contribution is 5.95. The quantitative estimate of drug-likeness (QED) is 0.415. The van der Waals surface area contributed by atoms with E-state index in [1.807, 2.05) is 46.0 Å². The summed E-state index contributed by atoms with van der Waals surface area (Å²) in [6.45, 7) is 12.3. The Kier molecular flexibility index (Phi) is 6.38. The maximum absolute atomic E-state index is 13.0. The number of hydrogen-bond donors (Lipinski definition) is 0. The Hall–Kier alpha value is -2.83. The van der Waals surface area contributed by atoms with Crippen molar-refractivity contribution in [3.63, 3.8) is 0 Å². The van der Waals surface area contributed by atoms with E-state index in [-0.39, 0.29) is 17.7 Å². The van der Waals surface area contributed by atoms with E-state index in [0.717, 1.165) is 66.7 Å². The smallest absolute Gasteiger partial charge is 0.419 e. The lowest BCUT2D eigenvalue weighted by Gasteiger charge is -2.51. The molecule has 1 spiro atoms. The molecule has 2 atom stereocenters. The fraction of sp³-hybridized carbons (Fsp3) is 0.500. The molecular weight excluding hydrogens is 452 g/mol. The average Bonchev–Trinajstić information content (AvgIpc) is 3.25. The first kappa shape index (κ1) is 24.8. The number of carbonyl (C=O) groups is 1. The van der Waals surface area contributed by atoms with Crippen molar-refractivity contribution in [2.75, 3.05) is 20.3 Å². The van der Waals surface area contributed by atoms with Crippen molar-refractivity contribution in [1.29, 1.82) is 0 Å². The average molecular weight is 491 g/mol. The summed E-state index contributed by atoms with van der Waals surface area (Å²) in [7, 11) is 1.72. The summed E-state index contributed by atoms with van der Waals surface area (Å²) in [5.41, 5.74) is 5.00. The van der Waals surface area contributed by atoms with E-state index < -0.39 is 5.60 Å². The first-order chi connectivity index (χ1) is 17.1. The van der Waals surface area contributed by atoms with E-state index in [2.05, 4.69) is 36.1 Å². The zero-order valence-electron chi connectivity index (χ0n) is 22.4. The number of piperidine rings is 1. The number of ether oxygens (including phenoxy) is 3. The van der Waals surface area contributed by atoms with Gasteiger partial charge < -0.3 is 14.2 Å². The molecule has 3 heterocycles. The highest BCUT2D eigenvalue weighted by atomic mass is 16.6. The number of nitrogens with zero attached hydrogens (tertiary/aromatic N) is 2. The zero-order valence-corrected chi connectivity index (χ0v) is 22.4. The van der Waals surface area contributed by atoms with Crippen molar-refractivity contribution in [2.24, 2.45) is 0 Å². The van der Waals surface area contributed by atoms with Crippen LogP contribution in [0, 0.1) is 13.8 Å². The number of hydrogen-bond acceptors (Lipinski definition) is 5. The molecule has 2 saturated heterocycles. The molecule has 2 aliphatic heterocycles. The first-order valence-electron chi connectivity index (χ1n) is 12.9. The topological polar surface area (TPSA) is 52.9 Å². The summed E-state index contributed by atoms with van der Waals surface area (Å²) >= 11 is 0. The molecule has 36 heavy (non-hydrogen) atoms. The molecule has 2 aliphatic rings. The molecule has 192 valence electrons. The molecule has 0 aliphatic carbocycles. The molecule has 6 nitrogen and oxygen atoms in total. The Balaban J connectivity index is 1.53. The second kappa shape index (κ2) is 9.24. The molecule has 0 radical (unpaired) electrons. The Morgan fingerprint density at radius 2 is 1.86 bits per heavy atom. The maximum Gasteiger partial charge on any atom is 0.419 e. The molecule has 1 aromatic heterocycles. The Bertz CT molecular complexity index is 1260. The van der Waals surface area contributed by atoms with Crippen molar-refractivity contribution in [2.45, 2.75) is 77.7 Å². The van der Waals surface area contributed by atoms with Gasteiger partial charge in [-0.1, -0.05) is 29.8 Å². The molecule has 2 unspecified atom stereocenters.